The molecule has 0 spiro atoms. The van der Waals surface area contributed by atoms with Gasteiger partial charge in [-0.2, -0.15) is 5.26 Å². The van der Waals surface area contributed by atoms with Gasteiger partial charge in [-0.25, -0.2) is 4.98 Å². The molecule has 1 N–H and O–H groups in total. The summed E-state index contributed by atoms with van der Waals surface area (Å²) in [5, 5.41) is 12.1. The van der Waals surface area contributed by atoms with E-state index in [1.807, 2.05) is 6.07 Å². The fourth-order valence-corrected chi connectivity index (χ4v) is 1.30. The highest BCUT2D eigenvalue weighted by Crippen LogP contribution is 2.26. The highest BCUT2D eigenvalue weighted by atomic mass is 35.5. The summed E-state index contributed by atoms with van der Waals surface area (Å²) in [7, 11) is 0. The molecule has 0 amide bonds. The molecular formula is C9H8ClN3O. The molecule has 0 aromatic carbocycles. The summed E-state index contributed by atoms with van der Waals surface area (Å²) in [6.45, 7) is 1.60. The highest BCUT2D eigenvalue weighted by molar-refractivity contribution is 6.32. The molecule has 0 radical (unpaired) electrons. The van der Waals surface area contributed by atoms with E-state index in [0.29, 0.717) is 16.5 Å². The maximum absolute atomic E-state index is 8.72. The molecule has 2 rings (SSSR count). The van der Waals surface area contributed by atoms with E-state index in [4.69, 9.17) is 21.6 Å². The zero-order chi connectivity index (χ0) is 9.97. The Hall–Kier alpha value is -1.31. The second-order valence-electron chi connectivity index (χ2n) is 2.99. The fourth-order valence-electron chi connectivity index (χ4n) is 1.10. The zero-order valence-electron chi connectivity index (χ0n) is 7.33. The van der Waals surface area contributed by atoms with Crippen molar-refractivity contribution >= 4 is 11.6 Å². The summed E-state index contributed by atoms with van der Waals surface area (Å²) in [5.74, 6) is 0.345. The lowest BCUT2D eigenvalue weighted by molar-refractivity contribution is 0.136. The van der Waals surface area contributed by atoms with Crippen LogP contribution in [0.5, 0.6) is 5.88 Å². The summed E-state index contributed by atoms with van der Waals surface area (Å²) in [5.41, 5.74) is 0.393. The zero-order valence-corrected chi connectivity index (χ0v) is 8.08. The highest BCUT2D eigenvalue weighted by Gasteiger charge is 2.20. The average molecular weight is 210 g/mol. The van der Waals surface area contributed by atoms with Gasteiger partial charge in [0.25, 0.3) is 0 Å². The number of rotatable bonds is 2. The number of hydrogen-bond acceptors (Lipinski definition) is 4. The van der Waals surface area contributed by atoms with Crippen LogP contribution >= 0.6 is 11.6 Å². The summed E-state index contributed by atoms with van der Waals surface area (Å²) < 4.78 is 5.47. The Bertz CT molecular complexity index is 384. The minimum Gasteiger partial charge on any atom is -0.471 e. The van der Waals surface area contributed by atoms with Gasteiger partial charge in [0.05, 0.1) is 5.56 Å². The lowest BCUT2D eigenvalue weighted by Crippen LogP contribution is -2.50. The molecule has 0 aliphatic carbocycles. The normalized spacial score (nSPS) is 15.7. The third-order valence-electron chi connectivity index (χ3n) is 2.00. The first-order valence-corrected chi connectivity index (χ1v) is 4.61. The quantitative estimate of drug-likeness (QED) is 0.788. The van der Waals surface area contributed by atoms with E-state index >= 15 is 0 Å². The Kier molecular flexibility index (Phi) is 2.53. The molecule has 0 saturated carbocycles. The van der Waals surface area contributed by atoms with Gasteiger partial charge in [0.2, 0.25) is 5.88 Å². The van der Waals surface area contributed by atoms with Crippen molar-refractivity contribution < 1.29 is 4.74 Å². The number of nitrogens with zero attached hydrogens (tertiary/aromatic N) is 2. The van der Waals surface area contributed by atoms with Gasteiger partial charge in [-0.05, 0) is 6.07 Å². The molecule has 2 heterocycles. The van der Waals surface area contributed by atoms with Gasteiger partial charge in [0.1, 0.15) is 17.2 Å². The molecule has 1 aromatic rings. The second-order valence-corrected chi connectivity index (χ2v) is 3.37. The second kappa shape index (κ2) is 3.82. The SMILES string of the molecule is N#Cc1ccnc(OC2CNC2)c1Cl. The Morgan fingerprint density at radius 3 is 3.00 bits per heavy atom. The van der Waals surface area contributed by atoms with Crippen molar-refractivity contribution in [2.75, 3.05) is 13.1 Å². The first kappa shape index (κ1) is 9.25. The molecule has 0 atom stereocenters. The molecule has 72 valence electrons. The van der Waals surface area contributed by atoms with Crippen LogP contribution in [-0.4, -0.2) is 24.2 Å². The number of ether oxygens (including phenoxy) is 1. The summed E-state index contributed by atoms with van der Waals surface area (Å²) in [6.07, 6.45) is 1.64. The number of nitrogens with one attached hydrogen (secondary N) is 1. The number of pyridine rings is 1. The Balaban J connectivity index is 2.20. The predicted molar refractivity (Wildman–Crippen MR) is 51.2 cm³/mol. The number of aromatic nitrogens is 1. The summed E-state index contributed by atoms with van der Waals surface area (Å²) >= 11 is 5.90. The van der Waals surface area contributed by atoms with E-state index in [9.17, 15) is 0 Å². The molecule has 1 fully saturated rings. The lowest BCUT2D eigenvalue weighted by atomic mass is 10.2. The van der Waals surface area contributed by atoms with Crippen LogP contribution in [0.4, 0.5) is 0 Å². The molecule has 1 aliphatic heterocycles. The predicted octanol–water partition coefficient (Wildman–Crippen LogP) is 0.957. The molecule has 0 bridgehead atoms. The Morgan fingerprint density at radius 1 is 1.64 bits per heavy atom. The maximum Gasteiger partial charge on any atom is 0.234 e. The largest absolute Gasteiger partial charge is 0.471 e. The number of halogens is 1. The molecule has 5 heteroatoms. The molecule has 1 aliphatic rings. The van der Waals surface area contributed by atoms with Gasteiger partial charge in [0.15, 0.2) is 0 Å². The van der Waals surface area contributed by atoms with E-state index < -0.39 is 0 Å². The van der Waals surface area contributed by atoms with Gasteiger partial charge in [0, 0.05) is 19.3 Å². The topological polar surface area (TPSA) is 57.9 Å². The van der Waals surface area contributed by atoms with Crippen LogP contribution in [0.1, 0.15) is 5.56 Å². The lowest BCUT2D eigenvalue weighted by Gasteiger charge is -2.27. The van der Waals surface area contributed by atoms with Crippen LogP contribution in [-0.2, 0) is 0 Å². The standard InChI is InChI=1S/C9H8ClN3O/c10-8-6(3-11)1-2-13-9(8)14-7-4-12-5-7/h1-2,7,12H,4-5H2. The van der Waals surface area contributed by atoms with Crippen LogP contribution < -0.4 is 10.1 Å². The minimum absolute atomic E-state index is 0.119. The van der Waals surface area contributed by atoms with E-state index in [2.05, 4.69) is 10.3 Å². The smallest absolute Gasteiger partial charge is 0.234 e. The van der Waals surface area contributed by atoms with Crippen molar-refractivity contribution in [2.45, 2.75) is 6.10 Å². The molecule has 4 nitrogen and oxygen atoms in total. The van der Waals surface area contributed by atoms with E-state index in [1.165, 1.54) is 6.20 Å². The van der Waals surface area contributed by atoms with Crippen molar-refractivity contribution in [1.82, 2.24) is 10.3 Å². The Morgan fingerprint density at radius 2 is 2.43 bits per heavy atom. The van der Waals surface area contributed by atoms with Crippen LogP contribution in [0.15, 0.2) is 12.3 Å². The molecular weight excluding hydrogens is 202 g/mol. The van der Waals surface area contributed by atoms with Crippen molar-refractivity contribution in [3.8, 4) is 11.9 Å². The van der Waals surface area contributed by atoms with Crippen LogP contribution in [0, 0.1) is 11.3 Å². The van der Waals surface area contributed by atoms with Gasteiger partial charge < -0.3 is 10.1 Å². The van der Waals surface area contributed by atoms with Crippen LogP contribution in [0.2, 0.25) is 5.02 Å². The first-order chi connectivity index (χ1) is 6.81. The number of hydrogen-bond donors (Lipinski definition) is 1. The van der Waals surface area contributed by atoms with E-state index in [-0.39, 0.29) is 6.10 Å². The van der Waals surface area contributed by atoms with Crippen LogP contribution in [0.3, 0.4) is 0 Å². The average Bonchev–Trinajstić information content (AvgIpc) is 2.13. The Labute approximate surface area is 86.5 Å². The van der Waals surface area contributed by atoms with Crippen LogP contribution in [0.25, 0.3) is 0 Å². The fraction of sp³-hybridized carbons (Fsp3) is 0.333. The van der Waals surface area contributed by atoms with E-state index in [1.54, 1.807) is 6.07 Å². The maximum atomic E-state index is 8.72. The molecule has 0 unspecified atom stereocenters. The molecule has 14 heavy (non-hydrogen) atoms. The van der Waals surface area contributed by atoms with Gasteiger partial charge in [-0.1, -0.05) is 11.6 Å². The third kappa shape index (κ3) is 1.65. The number of nitriles is 1. The van der Waals surface area contributed by atoms with Crippen molar-refractivity contribution in [2.24, 2.45) is 0 Å². The first-order valence-electron chi connectivity index (χ1n) is 4.23. The summed E-state index contributed by atoms with van der Waals surface area (Å²) in [6, 6.07) is 3.54. The summed E-state index contributed by atoms with van der Waals surface area (Å²) in [4.78, 5) is 3.98. The molecule has 1 saturated heterocycles. The monoisotopic (exact) mass is 209 g/mol. The van der Waals surface area contributed by atoms with Crippen molar-refractivity contribution in [1.29, 1.82) is 5.26 Å². The van der Waals surface area contributed by atoms with E-state index in [0.717, 1.165) is 13.1 Å². The van der Waals surface area contributed by atoms with Gasteiger partial charge >= 0.3 is 0 Å². The minimum atomic E-state index is 0.119. The molecule has 1 aromatic heterocycles. The van der Waals surface area contributed by atoms with Gasteiger partial charge in [-0.15, -0.1) is 0 Å². The van der Waals surface area contributed by atoms with Crippen molar-refractivity contribution in [3.63, 3.8) is 0 Å². The third-order valence-corrected chi connectivity index (χ3v) is 2.37. The van der Waals surface area contributed by atoms with Gasteiger partial charge in [-0.3, -0.25) is 0 Å². The van der Waals surface area contributed by atoms with Crippen molar-refractivity contribution in [3.05, 3.63) is 22.8 Å².